The van der Waals surface area contributed by atoms with Gasteiger partial charge in [0.2, 0.25) is 15.9 Å². The van der Waals surface area contributed by atoms with Gasteiger partial charge < -0.3 is 5.32 Å². The second-order valence-electron chi connectivity index (χ2n) is 7.07. The maximum atomic E-state index is 13.6. The summed E-state index contributed by atoms with van der Waals surface area (Å²) < 4.78 is 54.4. The molecule has 1 N–H and O–H groups in total. The van der Waals surface area contributed by atoms with Gasteiger partial charge in [0.25, 0.3) is 0 Å². The number of halogens is 2. The molecule has 156 valence electrons. The predicted octanol–water partition coefficient (Wildman–Crippen LogP) is 2.53. The molecule has 9 heteroatoms. The molecule has 0 spiro atoms. The fourth-order valence-electron chi connectivity index (χ4n) is 3.15. The van der Waals surface area contributed by atoms with E-state index in [4.69, 9.17) is 0 Å². The highest BCUT2D eigenvalue weighted by atomic mass is 32.2. The second kappa shape index (κ2) is 8.56. The van der Waals surface area contributed by atoms with Crippen LogP contribution >= 0.6 is 0 Å². The van der Waals surface area contributed by atoms with Crippen LogP contribution in [0.15, 0.2) is 41.3 Å². The largest absolute Gasteiger partial charge is 0.320 e. The third-order valence-electron chi connectivity index (χ3n) is 5.04. The Balaban J connectivity index is 1.59. The highest BCUT2D eigenvalue weighted by Gasteiger charge is 2.29. The van der Waals surface area contributed by atoms with Crippen molar-refractivity contribution >= 4 is 21.6 Å². The van der Waals surface area contributed by atoms with E-state index >= 15 is 0 Å². The molecule has 1 amide bonds. The number of nitrogens with one attached hydrogen (secondary N) is 1. The summed E-state index contributed by atoms with van der Waals surface area (Å²) >= 11 is 0. The van der Waals surface area contributed by atoms with Gasteiger partial charge in [-0.1, -0.05) is 12.1 Å². The van der Waals surface area contributed by atoms with E-state index < -0.39 is 33.3 Å². The molecular weight excluding hydrogens is 400 g/mol. The number of benzene rings is 2. The van der Waals surface area contributed by atoms with Crippen molar-refractivity contribution in [2.24, 2.45) is 0 Å². The maximum Gasteiger partial charge on any atom is 0.243 e. The van der Waals surface area contributed by atoms with E-state index in [0.717, 1.165) is 23.3 Å². The second-order valence-corrected chi connectivity index (χ2v) is 9.01. The average molecular weight is 423 g/mol. The minimum atomic E-state index is -3.61. The third-order valence-corrected chi connectivity index (χ3v) is 6.94. The zero-order valence-corrected chi connectivity index (χ0v) is 17.1. The van der Waals surface area contributed by atoms with Crippen molar-refractivity contribution in [1.82, 2.24) is 9.21 Å². The maximum absolute atomic E-state index is 13.6. The number of carbonyl (C=O) groups excluding carboxylic acids is 1. The van der Waals surface area contributed by atoms with Crippen molar-refractivity contribution in [3.63, 3.8) is 0 Å². The van der Waals surface area contributed by atoms with Gasteiger partial charge in [0.1, 0.15) is 17.3 Å². The Morgan fingerprint density at radius 3 is 2.21 bits per heavy atom. The van der Waals surface area contributed by atoms with Gasteiger partial charge in [-0.05, 0) is 49.2 Å². The molecule has 0 bridgehead atoms. The smallest absolute Gasteiger partial charge is 0.243 e. The van der Waals surface area contributed by atoms with Crippen LogP contribution in [0.2, 0.25) is 0 Å². The van der Waals surface area contributed by atoms with E-state index in [1.165, 1.54) is 10.4 Å². The molecular formula is C20H23F2N3O3S. The van der Waals surface area contributed by atoms with E-state index in [-0.39, 0.29) is 24.5 Å². The first kappa shape index (κ1) is 21.4. The van der Waals surface area contributed by atoms with Gasteiger partial charge in [-0.15, -0.1) is 0 Å². The van der Waals surface area contributed by atoms with Gasteiger partial charge in [0, 0.05) is 26.2 Å². The summed E-state index contributed by atoms with van der Waals surface area (Å²) in [6, 6.07) is 8.39. The number of amides is 1. The van der Waals surface area contributed by atoms with Crippen molar-refractivity contribution in [2.75, 3.05) is 38.0 Å². The molecule has 6 nitrogen and oxygen atoms in total. The van der Waals surface area contributed by atoms with Crippen molar-refractivity contribution in [1.29, 1.82) is 0 Å². The van der Waals surface area contributed by atoms with Gasteiger partial charge in [0.05, 0.1) is 11.4 Å². The summed E-state index contributed by atoms with van der Waals surface area (Å²) in [6.07, 6.45) is 0. The molecule has 0 aromatic heterocycles. The Bertz CT molecular complexity index is 999. The van der Waals surface area contributed by atoms with Gasteiger partial charge in [-0.25, -0.2) is 17.2 Å². The highest BCUT2D eigenvalue weighted by molar-refractivity contribution is 7.89. The number of sulfonamides is 1. The average Bonchev–Trinajstić information content (AvgIpc) is 2.67. The van der Waals surface area contributed by atoms with Crippen LogP contribution in [0, 0.1) is 25.5 Å². The number of piperazine rings is 1. The van der Waals surface area contributed by atoms with E-state index in [1.807, 2.05) is 13.8 Å². The first-order valence-corrected chi connectivity index (χ1v) is 10.7. The summed E-state index contributed by atoms with van der Waals surface area (Å²) in [4.78, 5) is 14.1. The monoisotopic (exact) mass is 423 g/mol. The molecule has 0 aliphatic carbocycles. The van der Waals surface area contributed by atoms with E-state index in [0.29, 0.717) is 13.1 Å². The van der Waals surface area contributed by atoms with Crippen LogP contribution in [0.3, 0.4) is 0 Å². The fourth-order valence-corrected chi connectivity index (χ4v) is 4.66. The molecule has 1 aliphatic rings. The molecule has 2 aromatic carbocycles. The topological polar surface area (TPSA) is 69.7 Å². The first-order valence-electron chi connectivity index (χ1n) is 9.22. The number of nitrogens with zero attached hydrogens (tertiary/aromatic N) is 2. The molecule has 0 unspecified atom stereocenters. The van der Waals surface area contributed by atoms with Crippen LogP contribution in [-0.4, -0.2) is 56.3 Å². The number of rotatable bonds is 5. The van der Waals surface area contributed by atoms with Crippen LogP contribution in [0.4, 0.5) is 14.5 Å². The van der Waals surface area contributed by atoms with E-state index in [9.17, 15) is 22.0 Å². The summed E-state index contributed by atoms with van der Waals surface area (Å²) in [5.74, 6) is -2.25. The number of hydrogen-bond donors (Lipinski definition) is 1. The Morgan fingerprint density at radius 1 is 1.00 bits per heavy atom. The van der Waals surface area contributed by atoms with E-state index in [1.54, 1.807) is 23.1 Å². The molecule has 3 rings (SSSR count). The predicted molar refractivity (Wildman–Crippen MR) is 106 cm³/mol. The summed E-state index contributed by atoms with van der Waals surface area (Å²) in [5, 5.41) is 2.24. The molecule has 1 saturated heterocycles. The zero-order chi connectivity index (χ0) is 21.2. The molecule has 29 heavy (non-hydrogen) atoms. The van der Waals surface area contributed by atoms with Gasteiger partial charge in [-0.3, -0.25) is 9.69 Å². The summed E-state index contributed by atoms with van der Waals surface area (Å²) in [5.41, 5.74) is 1.45. The third kappa shape index (κ3) is 4.80. The lowest BCUT2D eigenvalue weighted by Crippen LogP contribution is -2.50. The molecule has 0 radical (unpaired) electrons. The Kier molecular flexibility index (Phi) is 6.30. The molecule has 1 aliphatic heterocycles. The highest BCUT2D eigenvalue weighted by Crippen LogP contribution is 2.21. The van der Waals surface area contributed by atoms with Gasteiger partial charge in [-0.2, -0.15) is 4.31 Å². The number of carbonyl (C=O) groups is 1. The standard InChI is InChI=1S/C20H23F2N3O3S/c1-14-6-7-16(12-15(14)2)29(27,28)25-10-8-24(9-11-25)13-19(26)23-20-17(21)4-3-5-18(20)22/h3-7,12H,8-11,13H2,1-2H3,(H,23,26). The summed E-state index contributed by atoms with van der Waals surface area (Å²) in [6.45, 7) is 4.86. The Morgan fingerprint density at radius 2 is 1.62 bits per heavy atom. The Hall–Kier alpha value is -2.36. The lowest BCUT2D eigenvalue weighted by Gasteiger charge is -2.33. The van der Waals surface area contributed by atoms with Crippen LogP contribution in [-0.2, 0) is 14.8 Å². The van der Waals surface area contributed by atoms with Crippen LogP contribution < -0.4 is 5.32 Å². The zero-order valence-electron chi connectivity index (χ0n) is 16.3. The number of hydrogen-bond acceptors (Lipinski definition) is 4. The number of aryl methyl sites for hydroxylation is 2. The van der Waals surface area contributed by atoms with Crippen molar-refractivity contribution in [3.8, 4) is 0 Å². The number of anilines is 1. The molecule has 1 heterocycles. The molecule has 0 saturated carbocycles. The summed E-state index contributed by atoms with van der Waals surface area (Å²) in [7, 11) is -3.61. The minimum Gasteiger partial charge on any atom is -0.320 e. The lowest BCUT2D eigenvalue weighted by atomic mass is 10.1. The minimum absolute atomic E-state index is 0.0781. The lowest BCUT2D eigenvalue weighted by molar-refractivity contribution is -0.117. The van der Waals surface area contributed by atoms with E-state index in [2.05, 4.69) is 5.32 Å². The first-order chi connectivity index (χ1) is 13.7. The fraction of sp³-hybridized carbons (Fsp3) is 0.350. The normalized spacial score (nSPS) is 16.0. The molecule has 0 atom stereocenters. The number of para-hydroxylation sites is 1. The van der Waals surface area contributed by atoms with Crippen molar-refractivity contribution < 1.29 is 22.0 Å². The van der Waals surface area contributed by atoms with Gasteiger partial charge >= 0.3 is 0 Å². The van der Waals surface area contributed by atoms with Crippen LogP contribution in [0.25, 0.3) is 0 Å². The van der Waals surface area contributed by atoms with Crippen LogP contribution in [0.5, 0.6) is 0 Å². The van der Waals surface area contributed by atoms with Crippen LogP contribution in [0.1, 0.15) is 11.1 Å². The SMILES string of the molecule is Cc1ccc(S(=O)(=O)N2CCN(CC(=O)Nc3c(F)cccc3F)CC2)cc1C. The molecule has 2 aromatic rings. The van der Waals surface area contributed by atoms with Crippen molar-refractivity contribution in [3.05, 3.63) is 59.2 Å². The Labute approximate surface area is 169 Å². The van der Waals surface area contributed by atoms with Gasteiger partial charge in [0.15, 0.2) is 0 Å². The van der Waals surface area contributed by atoms with Crippen molar-refractivity contribution in [2.45, 2.75) is 18.7 Å². The quantitative estimate of drug-likeness (QED) is 0.803. The molecule has 1 fully saturated rings.